The Balaban J connectivity index is 2.32. The van der Waals surface area contributed by atoms with Gasteiger partial charge in [0.05, 0.1) is 16.5 Å². The summed E-state index contributed by atoms with van der Waals surface area (Å²) in [6, 6.07) is 7.86. The molecular weight excluding hydrogens is 262 g/mol. The van der Waals surface area contributed by atoms with Crippen LogP contribution in [0, 0.1) is 17.2 Å². The normalized spacial score (nSPS) is 17.2. The van der Waals surface area contributed by atoms with E-state index in [2.05, 4.69) is 0 Å². The standard InChI is InChI=1S/C13H17N3O2S/c1-16(13(9-15)11-5-6-11)19(17,18)12-4-2-3-10(7-12)8-14/h2-4,7,11,13H,5-6,9,15H2,1H3. The fourth-order valence-electron chi connectivity index (χ4n) is 2.19. The van der Waals surface area contributed by atoms with Crippen molar-refractivity contribution in [3.8, 4) is 6.07 Å². The zero-order chi connectivity index (χ0) is 14.0. The lowest BCUT2D eigenvalue weighted by Crippen LogP contribution is -2.43. The van der Waals surface area contributed by atoms with Crippen LogP contribution in [-0.4, -0.2) is 32.4 Å². The lowest BCUT2D eigenvalue weighted by Gasteiger charge is -2.26. The van der Waals surface area contributed by atoms with E-state index in [9.17, 15) is 8.42 Å². The van der Waals surface area contributed by atoms with Gasteiger partial charge in [-0.2, -0.15) is 9.57 Å². The molecule has 1 fully saturated rings. The highest BCUT2D eigenvalue weighted by atomic mass is 32.2. The molecule has 0 spiro atoms. The van der Waals surface area contributed by atoms with Crippen LogP contribution in [0.1, 0.15) is 18.4 Å². The highest BCUT2D eigenvalue weighted by Crippen LogP contribution is 2.36. The fraction of sp³-hybridized carbons (Fsp3) is 0.462. The summed E-state index contributed by atoms with van der Waals surface area (Å²) in [7, 11) is -2.03. The number of nitrogens with zero attached hydrogens (tertiary/aromatic N) is 2. The fourth-order valence-corrected chi connectivity index (χ4v) is 3.66. The van der Waals surface area contributed by atoms with E-state index in [-0.39, 0.29) is 10.9 Å². The molecule has 1 aromatic rings. The summed E-state index contributed by atoms with van der Waals surface area (Å²) in [6.07, 6.45) is 2.06. The van der Waals surface area contributed by atoms with E-state index in [1.54, 1.807) is 19.2 Å². The maximum atomic E-state index is 12.5. The van der Waals surface area contributed by atoms with Crippen molar-refractivity contribution in [2.75, 3.05) is 13.6 Å². The van der Waals surface area contributed by atoms with Crippen molar-refractivity contribution in [2.45, 2.75) is 23.8 Å². The van der Waals surface area contributed by atoms with Crippen molar-refractivity contribution in [2.24, 2.45) is 11.7 Å². The van der Waals surface area contributed by atoms with E-state index in [0.29, 0.717) is 18.0 Å². The van der Waals surface area contributed by atoms with Crippen LogP contribution in [0.4, 0.5) is 0 Å². The van der Waals surface area contributed by atoms with Gasteiger partial charge in [-0.05, 0) is 37.0 Å². The second-order valence-electron chi connectivity index (χ2n) is 4.80. The van der Waals surface area contributed by atoms with Crippen molar-refractivity contribution in [3.63, 3.8) is 0 Å². The van der Waals surface area contributed by atoms with Crippen LogP contribution in [0.3, 0.4) is 0 Å². The van der Waals surface area contributed by atoms with Crippen molar-refractivity contribution >= 4 is 10.0 Å². The molecular formula is C13H17N3O2S. The number of sulfonamides is 1. The molecule has 1 aromatic carbocycles. The zero-order valence-corrected chi connectivity index (χ0v) is 11.6. The first kappa shape index (κ1) is 14.0. The minimum atomic E-state index is -3.59. The first-order valence-electron chi connectivity index (χ1n) is 6.19. The molecule has 2 rings (SSSR count). The predicted octanol–water partition coefficient (Wildman–Crippen LogP) is 0.916. The van der Waals surface area contributed by atoms with Gasteiger partial charge in [0, 0.05) is 19.6 Å². The Bertz CT molecular complexity index is 603. The van der Waals surface area contributed by atoms with Gasteiger partial charge in [0.15, 0.2) is 0 Å². The Hall–Kier alpha value is -1.42. The molecule has 102 valence electrons. The van der Waals surface area contributed by atoms with Crippen molar-refractivity contribution in [3.05, 3.63) is 29.8 Å². The summed E-state index contributed by atoms with van der Waals surface area (Å²) < 4.78 is 26.3. The Morgan fingerprint density at radius 2 is 2.21 bits per heavy atom. The summed E-state index contributed by atoms with van der Waals surface area (Å²) in [5.74, 6) is 0.365. The average molecular weight is 279 g/mol. The quantitative estimate of drug-likeness (QED) is 0.868. The topological polar surface area (TPSA) is 87.2 Å². The first-order chi connectivity index (χ1) is 9.00. The molecule has 1 aliphatic carbocycles. The Labute approximate surface area is 113 Å². The van der Waals surface area contributed by atoms with Crippen molar-refractivity contribution in [1.29, 1.82) is 5.26 Å². The zero-order valence-electron chi connectivity index (χ0n) is 10.8. The van der Waals surface area contributed by atoms with Crippen LogP contribution in [-0.2, 0) is 10.0 Å². The second kappa shape index (κ2) is 5.29. The van der Waals surface area contributed by atoms with Gasteiger partial charge in [0.25, 0.3) is 0 Å². The van der Waals surface area contributed by atoms with Crippen LogP contribution in [0.5, 0.6) is 0 Å². The predicted molar refractivity (Wildman–Crippen MR) is 71.7 cm³/mol. The molecule has 0 saturated heterocycles. The molecule has 0 aliphatic heterocycles. The Kier molecular flexibility index (Phi) is 3.90. The van der Waals surface area contributed by atoms with Gasteiger partial charge in [0.2, 0.25) is 10.0 Å². The van der Waals surface area contributed by atoms with E-state index in [1.165, 1.54) is 16.4 Å². The first-order valence-corrected chi connectivity index (χ1v) is 7.63. The van der Waals surface area contributed by atoms with E-state index in [0.717, 1.165) is 12.8 Å². The monoisotopic (exact) mass is 279 g/mol. The third-order valence-electron chi connectivity index (χ3n) is 3.51. The van der Waals surface area contributed by atoms with E-state index < -0.39 is 10.0 Å². The van der Waals surface area contributed by atoms with Crippen LogP contribution < -0.4 is 5.73 Å². The number of likely N-dealkylation sites (N-methyl/N-ethyl adjacent to an activating group) is 1. The molecule has 0 heterocycles. The molecule has 1 saturated carbocycles. The molecule has 1 aliphatic rings. The SMILES string of the molecule is CN(C(CN)C1CC1)S(=O)(=O)c1cccc(C#N)c1. The lowest BCUT2D eigenvalue weighted by molar-refractivity contribution is 0.340. The number of nitriles is 1. The van der Waals surface area contributed by atoms with Gasteiger partial charge in [-0.1, -0.05) is 6.07 Å². The summed E-state index contributed by atoms with van der Waals surface area (Å²) in [6.45, 7) is 0.318. The third-order valence-corrected chi connectivity index (χ3v) is 5.39. The minimum Gasteiger partial charge on any atom is -0.329 e. The van der Waals surface area contributed by atoms with E-state index in [4.69, 9.17) is 11.0 Å². The molecule has 19 heavy (non-hydrogen) atoms. The van der Waals surface area contributed by atoms with Gasteiger partial charge in [0.1, 0.15) is 0 Å². The van der Waals surface area contributed by atoms with E-state index in [1.807, 2.05) is 6.07 Å². The Morgan fingerprint density at radius 1 is 1.53 bits per heavy atom. The third kappa shape index (κ3) is 2.78. The molecule has 0 radical (unpaired) electrons. The molecule has 1 unspecified atom stereocenters. The van der Waals surface area contributed by atoms with Crippen LogP contribution in [0.25, 0.3) is 0 Å². The van der Waals surface area contributed by atoms with Crippen LogP contribution >= 0.6 is 0 Å². The molecule has 0 aromatic heterocycles. The highest BCUT2D eigenvalue weighted by molar-refractivity contribution is 7.89. The molecule has 6 heteroatoms. The average Bonchev–Trinajstić information content (AvgIpc) is 3.24. The molecule has 0 bridgehead atoms. The summed E-state index contributed by atoms with van der Waals surface area (Å²) in [4.78, 5) is 0.146. The molecule has 1 atom stereocenters. The second-order valence-corrected chi connectivity index (χ2v) is 6.80. The smallest absolute Gasteiger partial charge is 0.243 e. The van der Waals surface area contributed by atoms with Gasteiger partial charge in [-0.15, -0.1) is 0 Å². The lowest BCUT2D eigenvalue weighted by atomic mass is 10.2. The minimum absolute atomic E-state index is 0.146. The molecule has 0 amide bonds. The summed E-state index contributed by atoms with van der Waals surface area (Å²) >= 11 is 0. The van der Waals surface area contributed by atoms with Crippen LogP contribution in [0.2, 0.25) is 0 Å². The largest absolute Gasteiger partial charge is 0.329 e. The Morgan fingerprint density at radius 3 is 2.74 bits per heavy atom. The van der Waals surface area contributed by atoms with Gasteiger partial charge in [-0.3, -0.25) is 0 Å². The number of rotatable bonds is 5. The summed E-state index contributed by atoms with van der Waals surface area (Å²) in [5.41, 5.74) is 6.03. The maximum absolute atomic E-state index is 12.5. The van der Waals surface area contributed by atoms with Crippen molar-refractivity contribution < 1.29 is 8.42 Å². The number of benzene rings is 1. The summed E-state index contributed by atoms with van der Waals surface area (Å²) in [5, 5.41) is 8.84. The highest BCUT2D eigenvalue weighted by Gasteiger charge is 2.38. The molecule has 5 nitrogen and oxygen atoms in total. The molecule has 2 N–H and O–H groups in total. The number of hydrogen-bond acceptors (Lipinski definition) is 4. The van der Waals surface area contributed by atoms with E-state index >= 15 is 0 Å². The van der Waals surface area contributed by atoms with Gasteiger partial charge in [-0.25, -0.2) is 8.42 Å². The van der Waals surface area contributed by atoms with Gasteiger partial charge >= 0.3 is 0 Å². The number of hydrogen-bond donors (Lipinski definition) is 1. The van der Waals surface area contributed by atoms with Gasteiger partial charge < -0.3 is 5.73 Å². The number of nitrogens with two attached hydrogens (primary N) is 1. The van der Waals surface area contributed by atoms with Crippen LogP contribution in [0.15, 0.2) is 29.2 Å². The maximum Gasteiger partial charge on any atom is 0.243 e. The van der Waals surface area contributed by atoms with Crippen molar-refractivity contribution in [1.82, 2.24) is 4.31 Å².